The van der Waals surface area contributed by atoms with Gasteiger partial charge >= 0.3 is 6.03 Å². The first-order chi connectivity index (χ1) is 11.1. The standard InChI is InChI=1S/C17H25N5O.HI/c1-21(15-7-8-15)16(18)19-12-13-5-4-6-14(11-13)20-17(23)22-9-2-3-10-22;/h4-6,11,15H,2-3,7-10,12H2,1H3,(H2,18,19)(H,20,23);1H. The molecule has 1 aromatic rings. The fourth-order valence-corrected chi connectivity index (χ4v) is 2.80. The van der Waals surface area contributed by atoms with Crippen molar-refractivity contribution in [3.63, 3.8) is 0 Å². The van der Waals surface area contributed by atoms with Crippen LogP contribution in [0.4, 0.5) is 10.5 Å². The van der Waals surface area contributed by atoms with E-state index in [1.807, 2.05) is 41.1 Å². The first kappa shape index (κ1) is 18.8. The minimum Gasteiger partial charge on any atom is -0.370 e. The average Bonchev–Trinajstić information content (AvgIpc) is 3.26. The number of aliphatic imine (C=N–C) groups is 1. The van der Waals surface area contributed by atoms with Crippen LogP contribution >= 0.6 is 24.0 Å². The summed E-state index contributed by atoms with van der Waals surface area (Å²) < 4.78 is 0. The van der Waals surface area contributed by atoms with Crippen LogP contribution in [0.1, 0.15) is 31.2 Å². The van der Waals surface area contributed by atoms with Crippen LogP contribution in [0.25, 0.3) is 0 Å². The Morgan fingerprint density at radius 2 is 2.08 bits per heavy atom. The molecule has 0 aromatic heterocycles. The normalized spacial score (nSPS) is 17.4. The first-order valence-electron chi connectivity index (χ1n) is 8.31. The SMILES string of the molecule is CN(C(N)=NCc1cccc(NC(=O)N2CCCC2)c1)C1CC1.I. The van der Waals surface area contributed by atoms with Crippen molar-refractivity contribution in [3.05, 3.63) is 29.8 Å². The molecular weight excluding hydrogens is 417 g/mol. The molecule has 1 aliphatic carbocycles. The second-order valence-corrected chi connectivity index (χ2v) is 6.34. The number of rotatable bonds is 4. The molecule has 1 saturated heterocycles. The third kappa shape index (κ3) is 4.99. The summed E-state index contributed by atoms with van der Waals surface area (Å²) >= 11 is 0. The molecule has 1 heterocycles. The zero-order valence-corrected chi connectivity index (χ0v) is 16.4. The van der Waals surface area contributed by atoms with E-state index in [0.717, 1.165) is 37.2 Å². The minimum atomic E-state index is -0.0175. The van der Waals surface area contributed by atoms with E-state index in [9.17, 15) is 4.79 Å². The largest absolute Gasteiger partial charge is 0.370 e. The summed E-state index contributed by atoms with van der Waals surface area (Å²) in [7, 11) is 1.99. The number of nitrogens with two attached hydrogens (primary N) is 1. The molecule has 0 radical (unpaired) electrons. The Kier molecular flexibility index (Phi) is 6.70. The Morgan fingerprint density at radius 3 is 2.75 bits per heavy atom. The summed E-state index contributed by atoms with van der Waals surface area (Å²) in [6.45, 7) is 2.22. The van der Waals surface area contributed by atoms with Gasteiger partial charge in [0.15, 0.2) is 5.96 Å². The number of amides is 2. The van der Waals surface area contributed by atoms with E-state index in [4.69, 9.17) is 5.73 Å². The maximum absolute atomic E-state index is 12.1. The molecule has 3 N–H and O–H groups in total. The molecule has 6 nitrogen and oxygen atoms in total. The molecule has 24 heavy (non-hydrogen) atoms. The van der Waals surface area contributed by atoms with Gasteiger partial charge in [0.25, 0.3) is 0 Å². The molecule has 132 valence electrons. The summed E-state index contributed by atoms with van der Waals surface area (Å²) in [6, 6.07) is 8.34. The zero-order chi connectivity index (χ0) is 16.2. The van der Waals surface area contributed by atoms with Gasteiger partial charge in [-0.25, -0.2) is 9.79 Å². The Morgan fingerprint density at radius 1 is 1.38 bits per heavy atom. The highest BCUT2D eigenvalue weighted by Gasteiger charge is 2.27. The van der Waals surface area contributed by atoms with Gasteiger partial charge in [0.2, 0.25) is 0 Å². The molecule has 1 saturated carbocycles. The summed E-state index contributed by atoms with van der Waals surface area (Å²) in [4.78, 5) is 20.5. The number of benzene rings is 1. The summed E-state index contributed by atoms with van der Waals surface area (Å²) in [6.07, 6.45) is 4.58. The van der Waals surface area contributed by atoms with Gasteiger partial charge < -0.3 is 20.9 Å². The fourth-order valence-electron chi connectivity index (χ4n) is 2.80. The van der Waals surface area contributed by atoms with Gasteiger partial charge in [-0.15, -0.1) is 24.0 Å². The Labute approximate surface area is 160 Å². The summed E-state index contributed by atoms with van der Waals surface area (Å²) in [5.74, 6) is 0.582. The van der Waals surface area contributed by atoms with Crippen LogP contribution in [0.5, 0.6) is 0 Å². The molecule has 2 amide bonds. The molecule has 0 bridgehead atoms. The van der Waals surface area contributed by atoms with E-state index >= 15 is 0 Å². The van der Waals surface area contributed by atoms with Crippen molar-refractivity contribution in [2.24, 2.45) is 10.7 Å². The van der Waals surface area contributed by atoms with Gasteiger partial charge in [0.05, 0.1) is 6.54 Å². The molecule has 3 rings (SSSR count). The second-order valence-electron chi connectivity index (χ2n) is 6.34. The van der Waals surface area contributed by atoms with E-state index in [0.29, 0.717) is 18.5 Å². The van der Waals surface area contributed by atoms with Crippen LogP contribution in [0.2, 0.25) is 0 Å². The van der Waals surface area contributed by atoms with Crippen LogP contribution in [0.3, 0.4) is 0 Å². The third-order valence-electron chi connectivity index (χ3n) is 4.45. The lowest BCUT2D eigenvalue weighted by molar-refractivity contribution is 0.222. The van der Waals surface area contributed by atoms with E-state index in [1.54, 1.807) is 0 Å². The summed E-state index contributed by atoms with van der Waals surface area (Å²) in [5, 5.41) is 2.96. The van der Waals surface area contributed by atoms with Crippen molar-refractivity contribution in [3.8, 4) is 0 Å². The molecule has 1 aliphatic heterocycles. The molecule has 0 unspecified atom stereocenters. The van der Waals surface area contributed by atoms with Crippen LogP contribution in [0.15, 0.2) is 29.3 Å². The number of halogens is 1. The number of urea groups is 1. The number of hydrogen-bond donors (Lipinski definition) is 2. The van der Waals surface area contributed by atoms with E-state index in [2.05, 4.69) is 10.3 Å². The second kappa shape index (κ2) is 8.55. The van der Waals surface area contributed by atoms with Gasteiger partial charge in [-0.3, -0.25) is 0 Å². The lowest BCUT2D eigenvalue weighted by Gasteiger charge is -2.17. The van der Waals surface area contributed by atoms with E-state index < -0.39 is 0 Å². The highest BCUT2D eigenvalue weighted by Crippen LogP contribution is 2.25. The highest BCUT2D eigenvalue weighted by molar-refractivity contribution is 14.0. The number of hydrogen-bond acceptors (Lipinski definition) is 2. The Hall–Kier alpha value is -1.51. The van der Waals surface area contributed by atoms with Gasteiger partial charge in [-0.1, -0.05) is 12.1 Å². The minimum absolute atomic E-state index is 0. The molecule has 7 heteroatoms. The van der Waals surface area contributed by atoms with Crippen LogP contribution < -0.4 is 11.1 Å². The highest BCUT2D eigenvalue weighted by atomic mass is 127. The molecule has 0 spiro atoms. The van der Waals surface area contributed by atoms with Crippen molar-refractivity contribution < 1.29 is 4.79 Å². The van der Waals surface area contributed by atoms with Crippen molar-refractivity contribution in [1.82, 2.24) is 9.80 Å². The smallest absolute Gasteiger partial charge is 0.321 e. The van der Waals surface area contributed by atoms with Gasteiger partial charge in [0.1, 0.15) is 0 Å². The lowest BCUT2D eigenvalue weighted by atomic mass is 10.2. The predicted octanol–water partition coefficient (Wildman–Crippen LogP) is 2.84. The van der Waals surface area contributed by atoms with E-state index in [1.165, 1.54) is 12.8 Å². The Balaban J connectivity index is 0.00000208. The van der Waals surface area contributed by atoms with Crippen molar-refractivity contribution in [1.29, 1.82) is 0 Å². The molecule has 2 aliphatic rings. The third-order valence-corrected chi connectivity index (χ3v) is 4.45. The first-order valence-corrected chi connectivity index (χ1v) is 8.31. The molecular formula is C17H26IN5O. The maximum atomic E-state index is 12.1. The molecule has 0 atom stereocenters. The maximum Gasteiger partial charge on any atom is 0.321 e. The molecule has 1 aromatic carbocycles. The van der Waals surface area contributed by atoms with Gasteiger partial charge in [-0.05, 0) is 43.4 Å². The van der Waals surface area contributed by atoms with Crippen molar-refractivity contribution in [2.45, 2.75) is 38.3 Å². The van der Waals surface area contributed by atoms with Crippen LogP contribution in [0, 0.1) is 0 Å². The quantitative estimate of drug-likeness (QED) is 0.427. The van der Waals surface area contributed by atoms with Crippen LogP contribution in [-0.2, 0) is 6.54 Å². The Bertz CT molecular complexity index is 596. The van der Waals surface area contributed by atoms with Gasteiger partial charge in [-0.2, -0.15) is 0 Å². The number of carbonyl (C=O) groups excluding carboxylic acids is 1. The van der Waals surface area contributed by atoms with Crippen LogP contribution in [-0.4, -0.2) is 48.0 Å². The van der Waals surface area contributed by atoms with E-state index in [-0.39, 0.29) is 30.0 Å². The van der Waals surface area contributed by atoms with Crippen molar-refractivity contribution >= 4 is 41.7 Å². The number of carbonyl (C=O) groups is 1. The number of nitrogens with one attached hydrogen (secondary N) is 1. The topological polar surface area (TPSA) is 74.0 Å². The number of nitrogens with zero attached hydrogens (tertiary/aromatic N) is 3. The number of guanidine groups is 1. The number of likely N-dealkylation sites (tertiary alicyclic amines) is 1. The van der Waals surface area contributed by atoms with Gasteiger partial charge in [0, 0.05) is 31.9 Å². The molecule has 2 fully saturated rings. The average molecular weight is 443 g/mol. The summed E-state index contributed by atoms with van der Waals surface area (Å²) in [5.41, 5.74) is 7.85. The number of anilines is 1. The monoisotopic (exact) mass is 443 g/mol. The fraction of sp³-hybridized carbons (Fsp3) is 0.529. The lowest BCUT2D eigenvalue weighted by Crippen LogP contribution is -2.35. The predicted molar refractivity (Wildman–Crippen MR) is 108 cm³/mol. The zero-order valence-electron chi connectivity index (χ0n) is 14.1. The van der Waals surface area contributed by atoms with Crippen molar-refractivity contribution in [2.75, 3.05) is 25.5 Å².